The standard InChI is InChI=1S/C20H26N4O3/c1-12(2)24-18-16(11-21-24)15(10-17(22-18)13-4-5-13)19(25)23-8-6-14(7-9-23)20(26)27-3/h10-14H,4-9H2,1-3H3. The van der Waals surface area contributed by atoms with E-state index in [9.17, 15) is 9.59 Å². The van der Waals surface area contributed by atoms with Crippen LogP contribution >= 0.6 is 0 Å². The van der Waals surface area contributed by atoms with E-state index in [-0.39, 0.29) is 23.8 Å². The molecule has 0 spiro atoms. The molecular formula is C20H26N4O3. The number of hydrogen-bond donors (Lipinski definition) is 0. The van der Waals surface area contributed by atoms with Gasteiger partial charge in [-0.2, -0.15) is 5.10 Å². The van der Waals surface area contributed by atoms with Crippen molar-refractivity contribution in [3.63, 3.8) is 0 Å². The van der Waals surface area contributed by atoms with E-state index in [1.165, 1.54) is 7.11 Å². The van der Waals surface area contributed by atoms with Crippen molar-refractivity contribution in [3.05, 3.63) is 23.5 Å². The van der Waals surface area contributed by atoms with Crippen molar-refractivity contribution in [1.29, 1.82) is 0 Å². The second kappa shape index (κ2) is 6.94. The molecule has 0 aromatic carbocycles. The number of likely N-dealkylation sites (tertiary alicyclic amines) is 1. The topological polar surface area (TPSA) is 77.3 Å². The first-order valence-corrected chi connectivity index (χ1v) is 9.74. The highest BCUT2D eigenvalue weighted by atomic mass is 16.5. The summed E-state index contributed by atoms with van der Waals surface area (Å²) < 4.78 is 6.73. The van der Waals surface area contributed by atoms with Crippen LogP contribution in [0.15, 0.2) is 12.3 Å². The van der Waals surface area contributed by atoms with Gasteiger partial charge in [-0.15, -0.1) is 0 Å². The summed E-state index contributed by atoms with van der Waals surface area (Å²) in [5, 5.41) is 5.29. The predicted molar refractivity (Wildman–Crippen MR) is 101 cm³/mol. The highest BCUT2D eigenvalue weighted by Gasteiger charge is 2.32. The van der Waals surface area contributed by atoms with E-state index >= 15 is 0 Å². The minimum absolute atomic E-state index is 0.0101. The van der Waals surface area contributed by atoms with Crippen molar-refractivity contribution in [2.45, 2.75) is 51.5 Å². The number of aromatic nitrogens is 3. The molecule has 7 heteroatoms. The SMILES string of the molecule is COC(=O)C1CCN(C(=O)c2cc(C3CC3)nc3c2cnn3C(C)C)CC1. The number of methoxy groups -OCH3 is 1. The molecule has 27 heavy (non-hydrogen) atoms. The molecule has 144 valence electrons. The fraction of sp³-hybridized carbons (Fsp3) is 0.600. The zero-order valence-corrected chi connectivity index (χ0v) is 16.1. The number of nitrogens with zero attached hydrogens (tertiary/aromatic N) is 4. The second-order valence-corrected chi connectivity index (χ2v) is 7.88. The van der Waals surface area contributed by atoms with E-state index < -0.39 is 0 Å². The Bertz CT molecular complexity index is 877. The Morgan fingerprint density at radius 3 is 2.48 bits per heavy atom. The van der Waals surface area contributed by atoms with Gasteiger partial charge in [0.2, 0.25) is 0 Å². The second-order valence-electron chi connectivity index (χ2n) is 7.88. The number of piperidine rings is 1. The van der Waals surface area contributed by atoms with Crippen molar-refractivity contribution in [2.75, 3.05) is 20.2 Å². The third-order valence-corrected chi connectivity index (χ3v) is 5.62. The molecule has 0 atom stereocenters. The lowest BCUT2D eigenvalue weighted by Gasteiger charge is -2.31. The van der Waals surface area contributed by atoms with Crippen LogP contribution in [0.3, 0.4) is 0 Å². The minimum Gasteiger partial charge on any atom is -0.469 e. The quantitative estimate of drug-likeness (QED) is 0.774. The van der Waals surface area contributed by atoms with Crippen LogP contribution in [0, 0.1) is 5.92 Å². The van der Waals surface area contributed by atoms with Gasteiger partial charge in [-0.05, 0) is 45.6 Å². The molecule has 0 N–H and O–H groups in total. The molecule has 7 nitrogen and oxygen atoms in total. The molecular weight excluding hydrogens is 344 g/mol. The first-order valence-electron chi connectivity index (χ1n) is 9.74. The van der Waals surface area contributed by atoms with Gasteiger partial charge < -0.3 is 9.64 Å². The highest BCUT2D eigenvalue weighted by Crippen LogP contribution is 2.40. The average Bonchev–Trinajstić information content (AvgIpc) is 3.44. The number of carbonyl (C=O) groups is 2. The van der Waals surface area contributed by atoms with Crippen LogP contribution in [-0.4, -0.2) is 51.7 Å². The minimum atomic E-state index is -0.178. The van der Waals surface area contributed by atoms with E-state index in [1.807, 2.05) is 15.6 Å². The third kappa shape index (κ3) is 3.31. The number of fused-ring (bicyclic) bond motifs is 1. The summed E-state index contributed by atoms with van der Waals surface area (Å²) >= 11 is 0. The molecule has 3 heterocycles. The van der Waals surface area contributed by atoms with Gasteiger partial charge in [0.15, 0.2) is 5.65 Å². The number of carbonyl (C=O) groups excluding carboxylic acids is 2. The van der Waals surface area contributed by atoms with Crippen LogP contribution in [0.1, 0.15) is 67.5 Å². The molecule has 1 saturated carbocycles. The lowest BCUT2D eigenvalue weighted by Crippen LogP contribution is -2.40. The van der Waals surface area contributed by atoms with Crippen LogP contribution < -0.4 is 0 Å². The van der Waals surface area contributed by atoms with Gasteiger partial charge in [0.05, 0.1) is 30.2 Å². The number of rotatable bonds is 4. The molecule has 1 aliphatic carbocycles. The summed E-state index contributed by atoms with van der Waals surface area (Å²) in [5.74, 6) is 0.183. The number of pyridine rings is 1. The van der Waals surface area contributed by atoms with Gasteiger partial charge in [0.25, 0.3) is 5.91 Å². The molecule has 2 fully saturated rings. The van der Waals surface area contributed by atoms with Gasteiger partial charge >= 0.3 is 5.97 Å². The fourth-order valence-electron chi connectivity index (χ4n) is 3.84. The van der Waals surface area contributed by atoms with E-state index in [4.69, 9.17) is 9.72 Å². The van der Waals surface area contributed by atoms with Crippen molar-refractivity contribution >= 4 is 22.9 Å². The summed E-state index contributed by atoms with van der Waals surface area (Å²) in [5.41, 5.74) is 2.48. The Balaban J connectivity index is 1.64. The Labute approximate surface area is 158 Å². The van der Waals surface area contributed by atoms with Gasteiger partial charge in [0, 0.05) is 30.7 Å². The zero-order valence-electron chi connectivity index (χ0n) is 16.1. The van der Waals surface area contributed by atoms with E-state index in [2.05, 4.69) is 18.9 Å². The first kappa shape index (κ1) is 17.9. The molecule has 2 aromatic rings. The van der Waals surface area contributed by atoms with Crippen molar-refractivity contribution in [3.8, 4) is 0 Å². The number of amides is 1. The molecule has 4 rings (SSSR count). The third-order valence-electron chi connectivity index (χ3n) is 5.62. The zero-order chi connectivity index (χ0) is 19.1. The molecule has 1 aliphatic heterocycles. The first-order chi connectivity index (χ1) is 13.0. The van der Waals surface area contributed by atoms with Crippen molar-refractivity contribution in [1.82, 2.24) is 19.7 Å². The largest absolute Gasteiger partial charge is 0.469 e. The number of ether oxygens (including phenoxy) is 1. The lowest BCUT2D eigenvalue weighted by atomic mass is 9.96. The fourth-order valence-corrected chi connectivity index (χ4v) is 3.84. The van der Waals surface area contributed by atoms with Crippen molar-refractivity contribution < 1.29 is 14.3 Å². The lowest BCUT2D eigenvalue weighted by molar-refractivity contribution is -0.146. The van der Waals surface area contributed by atoms with Gasteiger partial charge in [-0.25, -0.2) is 9.67 Å². The normalized spacial score (nSPS) is 18.3. The Kier molecular flexibility index (Phi) is 4.61. The van der Waals surface area contributed by atoms with E-state index in [1.54, 1.807) is 6.20 Å². The summed E-state index contributed by atoms with van der Waals surface area (Å²) in [6.07, 6.45) is 5.31. The predicted octanol–water partition coefficient (Wildman–Crippen LogP) is 2.91. The smallest absolute Gasteiger partial charge is 0.308 e. The van der Waals surface area contributed by atoms with Gasteiger partial charge in [-0.1, -0.05) is 0 Å². The summed E-state index contributed by atoms with van der Waals surface area (Å²) in [7, 11) is 1.42. The summed E-state index contributed by atoms with van der Waals surface area (Å²) in [4.78, 5) is 31.7. The molecule has 0 radical (unpaired) electrons. The Morgan fingerprint density at radius 1 is 1.19 bits per heavy atom. The molecule has 1 amide bonds. The van der Waals surface area contributed by atoms with E-state index in [0.29, 0.717) is 37.4 Å². The summed E-state index contributed by atoms with van der Waals surface area (Å²) in [6, 6.07) is 2.14. The molecule has 0 bridgehead atoms. The van der Waals surface area contributed by atoms with Crippen LogP contribution in [0.5, 0.6) is 0 Å². The molecule has 2 aromatic heterocycles. The maximum atomic E-state index is 13.3. The maximum Gasteiger partial charge on any atom is 0.308 e. The monoisotopic (exact) mass is 370 g/mol. The number of hydrogen-bond acceptors (Lipinski definition) is 5. The van der Waals surface area contributed by atoms with Crippen LogP contribution in [0.4, 0.5) is 0 Å². The Hall–Kier alpha value is -2.44. The van der Waals surface area contributed by atoms with Crippen LogP contribution in [0.2, 0.25) is 0 Å². The maximum absolute atomic E-state index is 13.3. The molecule has 1 saturated heterocycles. The van der Waals surface area contributed by atoms with Gasteiger partial charge in [0.1, 0.15) is 0 Å². The van der Waals surface area contributed by atoms with Gasteiger partial charge in [-0.3, -0.25) is 9.59 Å². The summed E-state index contributed by atoms with van der Waals surface area (Å²) in [6.45, 7) is 5.27. The number of esters is 1. The van der Waals surface area contributed by atoms with Crippen molar-refractivity contribution in [2.24, 2.45) is 5.92 Å². The van der Waals surface area contributed by atoms with Crippen LogP contribution in [0.25, 0.3) is 11.0 Å². The molecule has 0 unspecified atom stereocenters. The van der Waals surface area contributed by atoms with E-state index in [0.717, 1.165) is 29.6 Å². The average molecular weight is 370 g/mol. The molecule has 2 aliphatic rings. The van der Waals surface area contributed by atoms with Crippen LogP contribution in [-0.2, 0) is 9.53 Å². The Morgan fingerprint density at radius 2 is 1.89 bits per heavy atom. The highest BCUT2D eigenvalue weighted by molar-refractivity contribution is 6.05.